The van der Waals surface area contributed by atoms with Crippen LogP contribution in [0.5, 0.6) is 0 Å². The molecule has 2 N–H and O–H groups in total. The average Bonchev–Trinajstić information content (AvgIpc) is 2.86. The van der Waals surface area contributed by atoms with Crippen LogP contribution in [0.2, 0.25) is 0 Å². The Morgan fingerprint density at radius 2 is 2.00 bits per heavy atom. The van der Waals surface area contributed by atoms with E-state index in [1.807, 2.05) is 6.92 Å². The normalized spacial score (nSPS) is 10.4. The largest absolute Gasteiger partial charge is 0.354 e. The molecule has 1 heterocycles. The highest BCUT2D eigenvalue weighted by molar-refractivity contribution is 5.94. The predicted octanol–water partition coefficient (Wildman–Crippen LogP) is 0.956. The molecule has 0 fully saturated rings. The number of benzene rings is 1. The average molecular weight is 318 g/mol. The molecule has 2 rings (SSSR count). The molecular weight excluding hydrogens is 299 g/mol. The van der Waals surface area contributed by atoms with Gasteiger partial charge in [0.1, 0.15) is 11.5 Å². The van der Waals surface area contributed by atoms with Crippen LogP contribution in [0.4, 0.5) is 4.39 Å². The lowest BCUT2D eigenvalue weighted by Crippen LogP contribution is -2.37. The first-order valence-electron chi connectivity index (χ1n) is 7.26. The van der Waals surface area contributed by atoms with Crippen LogP contribution in [0.15, 0.2) is 30.3 Å². The number of halogens is 1. The number of carbonyl (C=O) groups is 2. The van der Waals surface area contributed by atoms with E-state index in [2.05, 4.69) is 15.7 Å². The maximum Gasteiger partial charge on any atom is 0.272 e. The van der Waals surface area contributed by atoms with Crippen LogP contribution in [0, 0.1) is 12.7 Å². The highest BCUT2D eigenvalue weighted by Crippen LogP contribution is 2.06. The van der Waals surface area contributed by atoms with Crippen molar-refractivity contribution in [3.8, 4) is 0 Å². The van der Waals surface area contributed by atoms with Gasteiger partial charge in [-0.15, -0.1) is 0 Å². The molecule has 1 aromatic carbocycles. The van der Waals surface area contributed by atoms with E-state index in [0.29, 0.717) is 18.5 Å². The lowest BCUT2D eigenvalue weighted by atomic mass is 10.1. The van der Waals surface area contributed by atoms with Crippen molar-refractivity contribution in [1.82, 2.24) is 20.4 Å². The van der Waals surface area contributed by atoms with Gasteiger partial charge in [-0.05, 0) is 31.0 Å². The number of aromatic nitrogens is 2. The first-order chi connectivity index (χ1) is 11.0. The summed E-state index contributed by atoms with van der Waals surface area (Å²) >= 11 is 0. The molecule has 2 aromatic rings. The molecule has 7 heteroatoms. The van der Waals surface area contributed by atoms with Crippen molar-refractivity contribution in [2.75, 3.05) is 13.1 Å². The predicted molar refractivity (Wildman–Crippen MR) is 83.4 cm³/mol. The third kappa shape index (κ3) is 4.64. The van der Waals surface area contributed by atoms with Crippen molar-refractivity contribution in [2.45, 2.75) is 13.3 Å². The molecule has 2 amide bonds. The Balaban J connectivity index is 1.73. The zero-order valence-corrected chi connectivity index (χ0v) is 13.1. The first kappa shape index (κ1) is 16.7. The third-order valence-electron chi connectivity index (χ3n) is 3.43. The molecule has 0 aliphatic heterocycles. The molecule has 0 saturated heterocycles. The maximum absolute atomic E-state index is 13.4. The number of carbonyl (C=O) groups excluding carboxylic acids is 2. The molecule has 0 aliphatic carbocycles. The lowest BCUT2D eigenvalue weighted by Gasteiger charge is -2.07. The SMILES string of the molecule is Cc1cc(C(=O)NCC(=O)NCCc2ccccc2F)nn1C. The number of aryl methyl sites for hydroxylation is 2. The Morgan fingerprint density at radius 3 is 2.65 bits per heavy atom. The quantitative estimate of drug-likeness (QED) is 0.833. The summed E-state index contributed by atoms with van der Waals surface area (Å²) in [6, 6.07) is 8.06. The molecule has 122 valence electrons. The molecule has 0 radical (unpaired) electrons. The molecule has 0 bridgehead atoms. The second-order valence-corrected chi connectivity index (χ2v) is 5.17. The summed E-state index contributed by atoms with van der Waals surface area (Å²) in [6.07, 6.45) is 0.395. The first-order valence-corrected chi connectivity index (χ1v) is 7.26. The van der Waals surface area contributed by atoms with Gasteiger partial charge in [-0.25, -0.2) is 4.39 Å². The zero-order chi connectivity index (χ0) is 16.8. The van der Waals surface area contributed by atoms with Crippen LogP contribution in [0.1, 0.15) is 21.7 Å². The molecule has 0 unspecified atom stereocenters. The highest BCUT2D eigenvalue weighted by atomic mass is 19.1. The summed E-state index contributed by atoms with van der Waals surface area (Å²) in [5.74, 6) is -1.03. The minimum absolute atomic E-state index is 0.147. The minimum atomic E-state index is -0.405. The van der Waals surface area contributed by atoms with Crippen molar-refractivity contribution >= 4 is 11.8 Å². The fraction of sp³-hybridized carbons (Fsp3) is 0.312. The second kappa shape index (κ2) is 7.53. The van der Waals surface area contributed by atoms with Gasteiger partial charge in [0.05, 0.1) is 6.54 Å². The fourth-order valence-corrected chi connectivity index (χ4v) is 2.02. The summed E-state index contributed by atoms with van der Waals surface area (Å²) in [4.78, 5) is 23.5. The number of hydrogen-bond donors (Lipinski definition) is 2. The maximum atomic E-state index is 13.4. The molecule has 0 spiro atoms. The van der Waals surface area contributed by atoms with Gasteiger partial charge in [0.2, 0.25) is 5.91 Å². The van der Waals surface area contributed by atoms with Gasteiger partial charge in [-0.3, -0.25) is 14.3 Å². The summed E-state index contributed by atoms with van der Waals surface area (Å²) in [5, 5.41) is 9.17. The van der Waals surface area contributed by atoms with Gasteiger partial charge >= 0.3 is 0 Å². The van der Waals surface area contributed by atoms with Crippen molar-refractivity contribution in [2.24, 2.45) is 7.05 Å². The number of hydrogen-bond acceptors (Lipinski definition) is 3. The molecule has 1 aromatic heterocycles. The Hall–Kier alpha value is -2.70. The van der Waals surface area contributed by atoms with Gasteiger partial charge in [0, 0.05) is 19.3 Å². The van der Waals surface area contributed by atoms with Gasteiger partial charge in [0.25, 0.3) is 5.91 Å². The van der Waals surface area contributed by atoms with E-state index in [9.17, 15) is 14.0 Å². The minimum Gasteiger partial charge on any atom is -0.354 e. The number of amides is 2. The van der Waals surface area contributed by atoms with E-state index < -0.39 is 5.91 Å². The number of nitrogens with zero attached hydrogens (tertiary/aromatic N) is 2. The standard InChI is InChI=1S/C16H19FN4O2/c1-11-9-14(20-21(11)2)16(23)19-10-15(22)18-8-7-12-5-3-4-6-13(12)17/h3-6,9H,7-8,10H2,1-2H3,(H,18,22)(H,19,23). The monoisotopic (exact) mass is 318 g/mol. The van der Waals surface area contributed by atoms with E-state index in [1.165, 1.54) is 6.07 Å². The summed E-state index contributed by atoms with van der Waals surface area (Å²) in [5.41, 5.74) is 1.66. The third-order valence-corrected chi connectivity index (χ3v) is 3.43. The van der Waals surface area contributed by atoms with Crippen LogP contribution in [-0.4, -0.2) is 34.7 Å². The molecule has 0 saturated carbocycles. The van der Waals surface area contributed by atoms with Crippen molar-refractivity contribution in [1.29, 1.82) is 0 Å². The Bertz CT molecular complexity index is 692. The second-order valence-electron chi connectivity index (χ2n) is 5.17. The zero-order valence-electron chi connectivity index (χ0n) is 13.1. The van der Waals surface area contributed by atoms with Crippen LogP contribution in [0.3, 0.4) is 0 Å². The highest BCUT2D eigenvalue weighted by Gasteiger charge is 2.12. The summed E-state index contributed by atoms with van der Waals surface area (Å²) in [6.45, 7) is 1.99. The van der Waals surface area contributed by atoms with Crippen LogP contribution in [0.25, 0.3) is 0 Å². The summed E-state index contributed by atoms with van der Waals surface area (Å²) < 4.78 is 15.0. The fourth-order valence-electron chi connectivity index (χ4n) is 2.02. The van der Waals surface area contributed by atoms with Crippen molar-refractivity contribution in [3.05, 3.63) is 53.1 Å². The van der Waals surface area contributed by atoms with Crippen LogP contribution >= 0.6 is 0 Å². The van der Waals surface area contributed by atoms with E-state index in [0.717, 1.165) is 5.69 Å². The van der Waals surface area contributed by atoms with Gasteiger partial charge in [0.15, 0.2) is 0 Å². The van der Waals surface area contributed by atoms with Crippen molar-refractivity contribution < 1.29 is 14.0 Å². The molecule has 0 atom stereocenters. The molecule has 0 aliphatic rings. The Kier molecular flexibility index (Phi) is 5.46. The molecule has 23 heavy (non-hydrogen) atoms. The van der Waals surface area contributed by atoms with E-state index in [1.54, 1.807) is 36.0 Å². The van der Waals surface area contributed by atoms with E-state index in [4.69, 9.17) is 0 Å². The lowest BCUT2D eigenvalue weighted by molar-refractivity contribution is -0.120. The van der Waals surface area contributed by atoms with Gasteiger partial charge in [-0.1, -0.05) is 18.2 Å². The number of rotatable bonds is 6. The van der Waals surface area contributed by atoms with E-state index >= 15 is 0 Å². The van der Waals surface area contributed by atoms with Crippen molar-refractivity contribution in [3.63, 3.8) is 0 Å². The number of nitrogens with one attached hydrogen (secondary N) is 2. The molecular formula is C16H19FN4O2. The Morgan fingerprint density at radius 1 is 1.26 bits per heavy atom. The topological polar surface area (TPSA) is 76.0 Å². The Labute approximate surface area is 133 Å². The molecule has 6 nitrogen and oxygen atoms in total. The van der Waals surface area contributed by atoms with E-state index in [-0.39, 0.29) is 24.0 Å². The summed E-state index contributed by atoms with van der Waals surface area (Å²) in [7, 11) is 1.74. The smallest absolute Gasteiger partial charge is 0.272 e. The van der Waals surface area contributed by atoms with Crippen LogP contribution < -0.4 is 10.6 Å². The van der Waals surface area contributed by atoms with Gasteiger partial charge in [-0.2, -0.15) is 5.10 Å². The van der Waals surface area contributed by atoms with Gasteiger partial charge < -0.3 is 10.6 Å². The van der Waals surface area contributed by atoms with Crippen LogP contribution in [-0.2, 0) is 18.3 Å².